The average Bonchev–Trinajstić information content (AvgIpc) is 3.08. The number of aliphatic hydroxyl groups is 1. The quantitative estimate of drug-likeness (QED) is 0.532. The first kappa shape index (κ1) is 19.1. The first-order valence-electron chi connectivity index (χ1n) is 9.05. The predicted octanol–water partition coefficient (Wildman–Crippen LogP) is 4.16. The lowest BCUT2D eigenvalue weighted by Gasteiger charge is -2.31. The maximum Gasteiger partial charge on any atom is 0.291 e. The van der Waals surface area contributed by atoms with Crippen LogP contribution in [0, 0.1) is 15.3 Å². The van der Waals surface area contributed by atoms with Gasteiger partial charge in [0.05, 0.1) is 11.1 Å². The number of anilines is 2. The molecule has 146 valence electrons. The van der Waals surface area contributed by atoms with Gasteiger partial charge in [0.15, 0.2) is 0 Å². The van der Waals surface area contributed by atoms with Crippen LogP contribution >= 0.6 is 22.6 Å². The minimum absolute atomic E-state index is 0.0484. The number of fused-ring (bicyclic) bond motifs is 1. The molecule has 1 aliphatic rings. The van der Waals surface area contributed by atoms with Crippen molar-refractivity contribution in [2.75, 3.05) is 25.0 Å². The van der Waals surface area contributed by atoms with Crippen molar-refractivity contribution in [3.8, 4) is 0 Å². The molecule has 1 amide bonds. The Kier molecular flexibility index (Phi) is 5.49. The number of piperidine rings is 1. The van der Waals surface area contributed by atoms with Crippen LogP contribution in [0.3, 0.4) is 0 Å². The molecule has 1 aliphatic heterocycles. The molecule has 0 bridgehead atoms. The van der Waals surface area contributed by atoms with Crippen LogP contribution < -0.4 is 5.32 Å². The summed E-state index contributed by atoms with van der Waals surface area (Å²) in [6.07, 6.45) is 4.89. The number of nitrogens with zero attached hydrogens (tertiary/aromatic N) is 2. The molecule has 0 aliphatic carbocycles. The number of aromatic nitrogens is 1. The Morgan fingerprint density at radius 2 is 2.29 bits per heavy atom. The second kappa shape index (κ2) is 8.04. The van der Waals surface area contributed by atoms with Crippen molar-refractivity contribution in [1.82, 2.24) is 9.88 Å². The third-order valence-electron chi connectivity index (χ3n) is 4.94. The third kappa shape index (κ3) is 3.70. The summed E-state index contributed by atoms with van der Waals surface area (Å²) in [7, 11) is 0. The fourth-order valence-electron chi connectivity index (χ4n) is 3.48. The van der Waals surface area contributed by atoms with Crippen LogP contribution in [0.2, 0.25) is 0 Å². The molecule has 1 aromatic carbocycles. The van der Waals surface area contributed by atoms with Crippen molar-refractivity contribution in [3.05, 3.63) is 51.8 Å². The number of likely N-dealkylation sites (tertiary alicyclic amines) is 1. The van der Waals surface area contributed by atoms with Crippen LogP contribution in [0.5, 0.6) is 0 Å². The van der Waals surface area contributed by atoms with Gasteiger partial charge >= 0.3 is 0 Å². The van der Waals surface area contributed by atoms with Crippen molar-refractivity contribution in [2.24, 2.45) is 5.92 Å². The van der Waals surface area contributed by atoms with E-state index in [1.54, 1.807) is 35.5 Å². The first-order valence-corrected chi connectivity index (χ1v) is 10.1. The molecule has 8 heteroatoms. The van der Waals surface area contributed by atoms with Gasteiger partial charge in [0, 0.05) is 35.7 Å². The van der Waals surface area contributed by atoms with Crippen molar-refractivity contribution in [3.63, 3.8) is 0 Å². The Balaban J connectivity index is 1.73. The highest BCUT2D eigenvalue weighted by atomic mass is 127. The Bertz CT molecular complexity index is 1020. The summed E-state index contributed by atoms with van der Waals surface area (Å²) >= 11 is 2.04. The van der Waals surface area contributed by atoms with Crippen molar-refractivity contribution in [1.29, 1.82) is 0 Å². The van der Waals surface area contributed by atoms with E-state index in [4.69, 9.17) is 4.42 Å². The molecule has 2 N–H and O–H groups in total. The van der Waals surface area contributed by atoms with Gasteiger partial charge in [-0.2, -0.15) is 0 Å². The van der Waals surface area contributed by atoms with Gasteiger partial charge in [0.25, 0.3) is 5.91 Å². The lowest BCUT2D eigenvalue weighted by molar-refractivity contribution is 0.0593. The Hall–Kier alpha value is -2.20. The van der Waals surface area contributed by atoms with Crippen molar-refractivity contribution >= 4 is 50.8 Å². The van der Waals surface area contributed by atoms with Gasteiger partial charge in [-0.05, 0) is 65.6 Å². The number of nitrogens with one attached hydrogen (secondary N) is 1. The van der Waals surface area contributed by atoms with Crippen molar-refractivity contribution < 1.29 is 18.7 Å². The minimum Gasteiger partial charge on any atom is -0.448 e. The molecular formula is C20H19FIN3O3. The third-order valence-corrected chi connectivity index (χ3v) is 5.61. The molecule has 1 saturated heterocycles. The fraction of sp³-hybridized carbons (Fsp3) is 0.300. The number of rotatable bonds is 4. The summed E-state index contributed by atoms with van der Waals surface area (Å²) in [5.74, 6) is -0.502. The summed E-state index contributed by atoms with van der Waals surface area (Å²) < 4.78 is 21.0. The number of hydrogen-bond acceptors (Lipinski definition) is 5. The SMILES string of the molecule is O=C(c1oc2ccncc2c1Nc1ccc(I)cc1F)N1CCCC(CO)C1. The summed E-state index contributed by atoms with van der Waals surface area (Å²) in [5.41, 5.74) is 1.16. The topological polar surface area (TPSA) is 78.6 Å². The molecule has 3 aromatic rings. The van der Waals surface area contributed by atoms with E-state index in [1.807, 2.05) is 22.6 Å². The molecular weight excluding hydrogens is 476 g/mol. The number of carbonyl (C=O) groups excluding carboxylic acids is 1. The van der Waals surface area contributed by atoms with Crippen LogP contribution in [0.25, 0.3) is 11.0 Å². The van der Waals surface area contributed by atoms with Crippen LogP contribution in [0.1, 0.15) is 23.4 Å². The molecule has 0 spiro atoms. The number of benzene rings is 1. The van der Waals surface area contributed by atoms with Gasteiger partial charge < -0.3 is 19.7 Å². The molecule has 0 saturated carbocycles. The highest BCUT2D eigenvalue weighted by Gasteiger charge is 2.29. The first-order chi connectivity index (χ1) is 13.6. The second-order valence-corrected chi connectivity index (χ2v) is 8.11. The number of furan rings is 1. The van der Waals surface area contributed by atoms with E-state index in [2.05, 4.69) is 10.3 Å². The minimum atomic E-state index is -0.415. The van der Waals surface area contributed by atoms with Gasteiger partial charge in [-0.25, -0.2) is 4.39 Å². The molecule has 0 radical (unpaired) electrons. The zero-order valence-electron chi connectivity index (χ0n) is 15.0. The highest BCUT2D eigenvalue weighted by Crippen LogP contribution is 2.35. The number of aliphatic hydroxyl groups excluding tert-OH is 1. The molecule has 4 rings (SSSR count). The van der Waals surface area contributed by atoms with Gasteiger partial charge in [0.1, 0.15) is 17.1 Å². The van der Waals surface area contributed by atoms with E-state index in [0.717, 1.165) is 16.4 Å². The van der Waals surface area contributed by atoms with Gasteiger partial charge in [0.2, 0.25) is 5.76 Å². The normalized spacial score (nSPS) is 17.1. The average molecular weight is 495 g/mol. The van der Waals surface area contributed by atoms with Crippen molar-refractivity contribution in [2.45, 2.75) is 12.8 Å². The fourth-order valence-corrected chi connectivity index (χ4v) is 3.94. The summed E-state index contributed by atoms with van der Waals surface area (Å²) in [4.78, 5) is 19.0. The smallest absolute Gasteiger partial charge is 0.291 e. The maximum atomic E-state index is 14.4. The predicted molar refractivity (Wildman–Crippen MR) is 112 cm³/mol. The monoisotopic (exact) mass is 495 g/mol. The second-order valence-electron chi connectivity index (χ2n) is 6.87. The van der Waals surface area contributed by atoms with E-state index < -0.39 is 5.82 Å². The molecule has 6 nitrogen and oxygen atoms in total. The van der Waals surface area contributed by atoms with E-state index in [9.17, 15) is 14.3 Å². The Morgan fingerprint density at radius 1 is 1.43 bits per heavy atom. The molecule has 2 aromatic heterocycles. The van der Waals surface area contributed by atoms with E-state index in [0.29, 0.717) is 29.7 Å². The standard InChI is InChI=1S/C20H19FIN3O3/c21-15-8-13(22)3-4-16(15)24-18-14-9-23-6-5-17(14)28-19(18)20(27)25-7-1-2-12(10-25)11-26/h3-6,8-9,12,24,26H,1-2,7,10-11H2. The summed E-state index contributed by atoms with van der Waals surface area (Å²) in [5, 5.41) is 13.1. The zero-order valence-corrected chi connectivity index (χ0v) is 17.1. The number of halogens is 2. The lowest BCUT2D eigenvalue weighted by atomic mass is 9.99. The lowest BCUT2D eigenvalue weighted by Crippen LogP contribution is -2.41. The van der Waals surface area contributed by atoms with Crippen LogP contribution in [0.4, 0.5) is 15.8 Å². The Morgan fingerprint density at radius 3 is 3.07 bits per heavy atom. The zero-order chi connectivity index (χ0) is 19.7. The summed E-state index contributed by atoms with van der Waals surface area (Å²) in [6.45, 7) is 1.12. The number of amides is 1. The van der Waals surface area contributed by atoms with E-state index in [1.165, 1.54) is 6.07 Å². The highest BCUT2D eigenvalue weighted by molar-refractivity contribution is 14.1. The molecule has 3 heterocycles. The van der Waals surface area contributed by atoms with Gasteiger partial charge in [-0.3, -0.25) is 9.78 Å². The summed E-state index contributed by atoms with van der Waals surface area (Å²) in [6, 6.07) is 6.50. The molecule has 1 atom stereocenters. The van der Waals surface area contributed by atoms with Crippen LogP contribution in [-0.4, -0.2) is 40.6 Å². The largest absolute Gasteiger partial charge is 0.448 e. The molecule has 28 heavy (non-hydrogen) atoms. The van der Waals surface area contributed by atoms with E-state index in [-0.39, 0.29) is 29.9 Å². The maximum absolute atomic E-state index is 14.4. The van der Waals surface area contributed by atoms with Crippen LogP contribution in [-0.2, 0) is 0 Å². The van der Waals surface area contributed by atoms with Gasteiger partial charge in [-0.1, -0.05) is 0 Å². The van der Waals surface area contributed by atoms with Gasteiger partial charge in [-0.15, -0.1) is 0 Å². The van der Waals surface area contributed by atoms with Crippen LogP contribution in [0.15, 0.2) is 41.1 Å². The molecule has 1 fully saturated rings. The number of pyridine rings is 1. The number of carbonyl (C=O) groups is 1. The Labute approximate surface area is 174 Å². The van der Waals surface area contributed by atoms with E-state index >= 15 is 0 Å². The number of hydrogen-bond donors (Lipinski definition) is 2. The molecule has 1 unspecified atom stereocenters.